The van der Waals surface area contributed by atoms with E-state index in [2.05, 4.69) is 4.74 Å². The molecule has 0 bridgehead atoms. The second-order valence-corrected chi connectivity index (χ2v) is 2.27. The van der Waals surface area contributed by atoms with E-state index in [9.17, 15) is 0 Å². The van der Waals surface area contributed by atoms with Gasteiger partial charge in [0.15, 0.2) is 6.29 Å². The van der Waals surface area contributed by atoms with Gasteiger partial charge < -0.3 is 25.2 Å². The van der Waals surface area contributed by atoms with E-state index in [1.165, 1.54) is 0 Å². The molecular formula is C5H12CaO5. The van der Waals surface area contributed by atoms with E-state index >= 15 is 0 Å². The van der Waals surface area contributed by atoms with Gasteiger partial charge in [0, 0.05) is 0 Å². The van der Waals surface area contributed by atoms with Gasteiger partial charge in [-0.3, -0.25) is 0 Å². The van der Waals surface area contributed by atoms with E-state index in [-0.39, 0.29) is 44.3 Å². The van der Waals surface area contributed by atoms with E-state index < -0.39 is 24.6 Å². The zero-order valence-electron chi connectivity index (χ0n) is 5.21. The van der Waals surface area contributed by atoms with Crippen LogP contribution in [0.4, 0.5) is 0 Å². The van der Waals surface area contributed by atoms with Crippen molar-refractivity contribution >= 4 is 37.7 Å². The van der Waals surface area contributed by atoms with Gasteiger partial charge in [-0.05, 0) is 0 Å². The SMILES string of the molecule is OC1OC[C@@H](O)[C@H](O)[C@H]1O.[CaH2]. The molecule has 0 aromatic heterocycles. The van der Waals surface area contributed by atoms with Crippen LogP contribution < -0.4 is 0 Å². The number of rotatable bonds is 0. The van der Waals surface area contributed by atoms with Crippen LogP contribution in [0, 0.1) is 0 Å². The Hall–Kier alpha value is 1.06. The molecule has 0 spiro atoms. The third-order valence-electron chi connectivity index (χ3n) is 1.47. The van der Waals surface area contributed by atoms with E-state index in [4.69, 9.17) is 20.4 Å². The molecule has 1 fully saturated rings. The second-order valence-electron chi connectivity index (χ2n) is 2.27. The summed E-state index contributed by atoms with van der Waals surface area (Å²) in [5.74, 6) is 0. The number of hydrogen-bond acceptors (Lipinski definition) is 5. The average Bonchev–Trinajstić information content (AvgIpc) is 1.93. The molecule has 0 aromatic rings. The zero-order valence-corrected chi connectivity index (χ0v) is 5.21. The van der Waals surface area contributed by atoms with Crippen LogP contribution in [0.1, 0.15) is 0 Å². The van der Waals surface area contributed by atoms with Gasteiger partial charge in [-0.2, -0.15) is 0 Å². The molecule has 0 amide bonds. The van der Waals surface area contributed by atoms with E-state index in [1.807, 2.05) is 0 Å². The van der Waals surface area contributed by atoms with Crippen molar-refractivity contribution in [3.63, 3.8) is 0 Å². The summed E-state index contributed by atoms with van der Waals surface area (Å²) in [4.78, 5) is 0. The number of aliphatic hydroxyl groups excluding tert-OH is 4. The molecule has 1 aliphatic rings. The Morgan fingerprint density at radius 3 is 2.00 bits per heavy atom. The molecule has 1 saturated heterocycles. The maximum absolute atomic E-state index is 8.88. The predicted octanol–water partition coefficient (Wildman–Crippen LogP) is -3.50. The molecule has 0 aromatic carbocycles. The minimum absolute atomic E-state index is 0. The standard InChI is InChI=1S/C5H10O5.Ca.2H/c6-2-1-10-5(9)4(8)3(2)7;;;/h2-9H,1H2;;;/t2-,3+,4-,5?;;;/m1.../s1. The third-order valence-corrected chi connectivity index (χ3v) is 1.47. The van der Waals surface area contributed by atoms with Crippen molar-refractivity contribution in [2.24, 2.45) is 0 Å². The molecule has 4 N–H and O–H groups in total. The van der Waals surface area contributed by atoms with Crippen molar-refractivity contribution in [2.75, 3.05) is 6.61 Å². The second kappa shape index (κ2) is 4.93. The summed E-state index contributed by atoms with van der Waals surface area (Å²) >= 11 is 0. The molecular weight excluding hydrogens is 180 g/mol. The van der Waals surface area contributed by atoms with Gasteiger partial charge in [0.1, 0.15) is 18.3 Å². The van der Waals surface area contributed by atoms with Crippen molar-refractivity contribution < 1.29 is 25.2 Å². The Bertz CT molecular complexity index is 107. The van der Waals surface area contributed by atoms with Crippen LogP contribution in [0.15, 0.2) is 0 Å². The molecule has 1 heterocycles. The molecule has 0 saturated carbocycles. The molecule has 5 nitrogen and oxygen atoms in total. The fraction of sp³-hybridized carbons (Fsp3) is 1.00. The summed E-state index contributed by atoms with van der Waals surface area (Å²) in [6.45, 7) is -0.153. The quantitative estimate of drug-likeness (QED) is 0.299. The van der Waals surface area contributed by atoms with Gasteiger partial charge in [-0.25, -0.2) is 0 Å². The monoisotopic (exact) mass is 192 g/mol. The molecule has 1 unspecified atom stereocenters. The Morgan fingerprint density at radius 1 is 1.00 bits per heavy atom. The fourth-order valence-corrected chi connectivity index (χ4v) is 0.791. The normalized spacial score (nSPS) is 44.7. The van der Waals surface area contributed by atoms with Crippen LogP contribution in [0.2, 0.25) is 0 Å². The summed E-state index contributed by atoms with van der Waals surface area (Å²) in [7, 11) is 0. The molecule has 0 aliphatic carbocycles. The van der Waals surface area contributed by atoms with Gasteiger partial charge in [0.2, 0.25) is 0 Å². The first-order chi connectivity index (χ1) is 4.63. The van der Waals surface area contributed by atoms with E-state index in [0.717, 1.165) is 0 Å². The molecule has 64 valence electrons. The van der Waals surface area contributed by atoms with Crippen molar-refractivity contribution in [3.8, 4) is 0 Å². The summed E-state index contributed by atoms with van der Waals surface area (Å²) in [6.07, 6.45) is -5.23. The number of hydrogen-bond donors (Lipinski definition) is 4. The van der Waals surface area contributed by atoms with Crippen LogP contribution in [0.3, 0.4) is 0 Å². The van der Waals surface area contributed by atoms with Crippen LogP contribution in [-0.2, 0) is 4.74 Å². The Kier molecular flexibility index (Phi) is 5.41. The van der Waals surface area contributed by atoms with E-state index in [0.29, 0.717) is 0 Å². The summed E-state index contributed by atoms with van der Waals surface area (Å²) in [5.41, 5.74) is 0. The molecule has 4 atom stereocenters. The van der Waals surface area contributed by atoms with E-state index in [1.54, 1.807) is 0 Å². The van der Waals surface area contributed by atoms with Crippen LogP contribution in [0.25, 0.3) is 0 Å². The first kappa shape index (κ1) is 12.1. The number of ether oxygens (including phenoxy) is 1. The molecule has 1 aliphatic heterocycles. The maximum atomic E-state index is 8.88. The molecule has 0 radical (unpaired) electrons. The Morgan fingerprint density at radius 2 is 1.55 bits per heavy atom. The van der Waals surface area contributed by atoms with Crippen molar-refractivity contribution in [1.29, 1.82) is 0 Å². The first-order valence-corrected chi connectivity index (χ1v) is 2.97. The van der Waals surface area contributed by atoms with Crippen molar-refractivity contribution in [2.45, 2.75) is 24.6 Å². The Labute approximate surface area is 93.6 Å². The van der Waals surface area contributed by atoms with Gasteiger partial charge >= 0.3 is 37.7 Å². The van der Waals surface area contributed by atoms with Crippen LogP contribution in [-0.4, -0.2) is 89.4 Å². The molecule has 1 rings (SSSR count). The van der Waals surface area contributed by atoms with Crippen LogP contribution in [0.5, 0.6) is 0 Å². The molecule has 6 heteroatoms. The average molecular weight is 192 g/mol. The van der Waals surface area contributed by atoms with Gasteiger partial charge in [-0.15, -0.1) is 0 Å². The van der Waals surface area contributed by atoms with Gasteiger partial charge in [0.05, 0.1) is 6.61 Å². The predicted molar refractivity (Wildman–Crippen MR) is 38.5 cm³/mol. The van der Waals surface area contributed by atoms with Crippen LogP contribution >= 0.6 is 0 Å². The Balaban J connectivity index is 0.000001000. The van der Waals surface area contributed by atoms with Gasteiger partial charge in [-0.1, -0.05) is 0 Å². The summed E-state index contributed by atoms with van der Waals surface area (Å²) < 4.78 is 4.47. The summed E-state index contributed by atoms with van der Waals surface area (Å²) in [6, 6.07) is 0. The molecule has 11 heavy (non-hydrogen) atoms. The zero-order chi connectivity index (χ0) is 7.72. The topological polar surface area (TPSA) is 90.2 Å². The van der Waals surface area contributed by atoms with Crippen molar-refractivity contribution in [3.05, 3.63) is 0 Å². The van der Waals surface area contributed by atoms with Gasteiger partial charge in [0.25, 0.3) is 0 Å². The third kappa shape index (κ3) is 2.78. The fourth-order valence-electron chi connectivity index (χ4n) is 0.791. The van der Waals surface area contributed by atoms with Crippen molar-refractivity contribution in [1.82, 2.24) is 0 Å². The summed E-state index contributed by atoms with van der Waals surface area (Å²) in [5, 5.41) is 35.3. The first-order valence-electron chi connectivity index (χ1n) is 2.97. The minimum atomic E-state index is -1.41. The number of aliphatic hydroxyl groups is 4.